The lowest BCUT2D eigenvalue weighted by atomic mass is 9.98. The molecule has 0 atom stereocenters. The van der Waals surface area contributed by atoms with Crippen molar-refractivity contribution in [2.24, 2.45) is 0 Å². The van der Waals surface area contributed by atoms with Crippen LogP contribution in [0.5, 0.6) is 0 Å². The first kappa shape index (κ1) is 18.0. The van der Waals surface area contributed by atoms with Crippen molar-refractivity contribution in [3.63, 3.8) is 0 Å². The summed E-state index contributed by atoms with van der Waals surface area (Å²) >= 11 is 5.96. The van der Waals surface area contributed by atoms with Gasteiger partial charge in [-0.05, 0) is 37.8 Å². The maximum atomic E-state index is 13.0. The smallest absolute Gasteiger partial charge is 0.257 e. The molecular formula is C20H23ClN4O2. The number of aromatic amines is 1. The molecule has 2 aliphatic heterocycles. The Labute approximate surface area is 163 Å². The van der Waals surface area contributed by atoms with Gasteiger partial charge in [-0.3, -0.25) is 14.7 Å². The number of likely N-dealkylation sites (tertiary alicyclic amines) is 2. The van der Waals surface area contributed by atoms with Gasteiger partial charge < -0.3 is 9.80 Å². The van der Waals surface area contributed by atoms with Gasteiger partial charge in [-0.25, -0.2) is 0 Å². The van der Waals surface area contributed by atoms with Crippen LogP contribution >= 0.6 is 11.6 Å². The quantitative estimate of drug-likeness (QED) is 0.879. The number of amides is 2. The lowest BCUT2D eigenvalue weighted by Gasteiger charge is -2.40. The number of nitrogens with zero attached hydrogens (tertiary/aromatic N) is 3. The van der Waals surface area contributed by atoms with E-state index in [1.54, 1.807) is 18.3 Å². The molecule has 3 heterocycles. The number of rotatable bonds is 3. The van der Waals surface area contributed by atoms with E-state index in [0.29, 0.717) is 35.8 Å². The van der Waals surface area contributed by atoms with Gasteiger partial charge in [0.1, 0.15) is 0 Å². The molecule has 1 N–H and O–H groups in total. The van der Waals surface area contributed by atoms with E-state index < -0.39 is 0 Å². The number of hydrogen-bond acceptors (Lipinski definition) is 3. The first-order valence-corrected chi connectivity index (χ1v) is 9.89. The van der Waals surface area contributed by atoms with Crippen LogP contribution in [0.25, 0.3) is 11.3 Å². The Balaban J connectivity index is 1.44. The van der Waals surface area contributed by atoms with E-state index in [0.717, 1.165) is 37.8 Å². The molecule has 0 saturated carbocycles. The number of piperidine rings is 2. The summed E-state index contributed by atoms with van der Waals surface area (Å²) in [6.45, 7) is 2.19. The van der Waals surface area contributed by atoms with Crippen molar-refractivity contribution in [3.8, 4) is 11.3 Å². The Morgan fingerprint density at radius 1 is 1.11 bits per heavy atom. The van der Waals surface area contributed by atoms with Crippen molar-refractivity contribution in [1.82, 2.24) is 20.0 Å². The minimum Gasteiger partial charge on any atom is -0.340 e. The highest BCUT2D eigenvalue weighted by Gasteiger charge is 2.31. The molecule has 4 rings (SSSR count). The second kappa shape index (κ2) is 7.72. The highest BCUT2D eigenvalue weighted by atomic mass is 35.5. The molecule has 27 heavy (non-hydrogen) atoms. The fourth-order valence-electron chi connectivity index (χ4n) is 4.05. The molecule has 2 amide bonds. The first-order chi connectivity index (χ1) is 13.1. The van der Waals surface area contributed by atoms with Crippen LogP contribution in [0.3, 0.4) is 0 Å². The number of H-pyrrole nitrogens is 1. The number of halogens is 1. The number of hydrogen-bond donors (Lipinski definition) is 1. The van der Waals surface area contributed by atoms with Crippen LogP contribution in [0.2, 0.25) is 5.02 Å². The summed E-state index contributed by atoms with van der Waals surface area (Å²) in [6.07, 6.45) is 6.02. The molecular weight excluding hydrogens is 364 g/mol. The average molecular weight is 387 g/mol. The van der Waals surface area contributed by atoms with Crippen LogP contribution < -0.4 is 0 Å². The van der Waals surface area contributed by atoms with Crippen LogP contribution in [-0.2, 0) is 4.79 Å². The van der Waals surface area contributed by atoms with Gasteiger partial charge in [-0.2, -0.15) is 5.10 Å². The predicted octanol–water partition coefficient (Wildman–Crippen LogP) is 3.35. The van der Waals surface area contributed by atoms with Gasteiger partial charge in [0.25, 0.3) is 5.91 Å². The van der Waals surface area contributed by atoms with Crippen molar-refractivity contribution in [2.45, 2.75) is 38.1 Å². The SMILES string of the molecule is O=C(c1cn[nH]c1-c1ccc(Cl)cc1)N1CCC(N2CCCCC2=O)CC1. The number of benzene rings is 1. The van der Waals surface area contributed by atoms with Gasteiger partial charge in [0.05, 0.1) is 17.5 Å². The number of aromatic nitrogens is 2. The third-order valence-electron chi connectivity index (χ3n) is 5.56. The molecule has 6 nitrogen and oxygen atoms in total. The second-order valence-electron chi connectivity index (χ2n) is 7.23. The molecule has 0 unspecified atom stereocenters. The zero-order valence-corrected chi connectivity index (χ0v) is 15.9. The molecule has 1 aromatic heterocycles. The normalized spacial score (nSPS) is 18.8. The Morgan fingerprint density at radius 3 is 2.56 bits per heavy atom. The van der Waals surface area contributed by atoms with Crippen LogP contribution in [0, 0.1) is 0 Å². The van der Waals surface area contributed by atoms with Crippen molar-refractivity contribution >= 4 is 23.4 Å². The highest BCUT2D eigenvalue weighted by Crippen LogP contribution is 2.26. The maximum absolute atomic E-state index is 13.0. The number of carbonyl (C=O) groups is 2. The van der Waals surface area contributed by atoms with Crippen molar-refractivity contribution in [2.75, 3.05) is 19.6 Å². The van der Waals surface area contributed by atoms with Gasteiger partial charge in [0.15, 0.2) is 0 Å². The highest BCUT2D eigenvalue weighted by molar-refractivity contribution is 6.30. The maximum Gasteiger partial charge on any atom is 0.257 e. The molecule has 0 radical (unpaired) electrons. The van der Waals surface area contributed by atoms with Crippen LogP contribution in [0.1, 0.15) is 42.5 Å². The van der Waals surface area contributed by atoms with Gasteiger partial charge in [-0.1, -0.05) is 23.7 Å². The van der Waals surface area contributed by atoms with E-state index in [4.69, 9.17) is 11.6 Å². The minimum absolute atomic E-state index is 0.0166. The van der Waals surface area contributed by atoms with E-state index in [2.05, 4.69) is 10.2 Å². The van der Waals surface area contributed by atoms with Gasteiger partial charge in [-0.15, -0.1) is 0 Å². The first-order valence-electron chi connectivity index (χ1n) is 9.51. The molecule has 2 aliphatic rings. The zero-order valence-electron chi connectivity index (χ0n) is 15.2. The third-order valence-corrected chi connectivity index (χ3v) is 5.81. The Hall–Kier alpha value is -2.34. The molecule has 2 fully saturated rings. The van der Waals surface area contributed by atoms with Gasteiger partial charge in [0, 0.05) is 42.7 Å². The van der Waals surface area contributed by atoms with Crippen LogP contribution in [0.15, 0.2) is 30.5 Å². The standard InChI is InChI=1S/C20H23ClN4O2/c21-15-6-4-14(5-7-15)19-17(13-22-23-19)20(27)24-11-8-16(9-12-24)25-10-2-1-3-18(25)26/h4-7,13,16H,1-3,8-12H2,(H,22,23). The summed E-state index contributed by atoms with van der Waals surface area (Å²) in [4.78, 5) is 29.1. The Bertz CT molecular complexity index is 825. The van der Waals surface area contributed by atoms with Crippen LogP contribution in [-0.4, -0.2) is 57.5 Å². The van der Waals surface area contributed by atoms with Crippen molar-refractivity contribution in [3.05, 3.63) is 41.0 Å². The Morgan fingerprint density at radius 2 is 1.85 bits per heavy atom. The molecule has 0 aliphatic carbocycles. The van der Waals surface area contributed by atoms with E-state index >= 15 is 0 Å². The van der Waals surface area contributed by atoms with E-state index in [9.17, 15) is 9.59 Å². The molecule has 2 saturated heterocycles. The number of carbonyl (C=O) groups excluding carboxylic acids is 2. The average Bonchev–Trinajstić information content (AvgIpc) is 3.18. The molecule has 2 aromatic rings. The zero-order chi connectivity index (χ0) is 18.8. The minimum atomic E-state index is -0.0166. The van der Waals surface area contributed by atoms with Crippen molar-refractivity contribution in [1.29, 1.82) is 0 Å². The topological polar surface area (TPSA) is 69.3 Å². The van der Waals surface area contributed by atoms with Gasteiger partial charge in [0.2, 0.25) is 5.91 Å². The number of nitrogens with one attached hydrogen (secondary N) is 1. The fourth-order valence-corrected chi connectivity index (χ4v) is 4.17. The molecule has 0 bridgehead atoms. The summed E-state index contributed by atoms with van der Waals surface area (Å²) in [5.41, 5.74) is 2.17. The molecule has 142 valence electrons. The third kappa shape index (κ3) is 3.72. The summed E-state index contributed by atoms with van der Waals surface area (Å²) < 4.78 is 0. The lowest BCUT2D eigenvalue weighted by molar-refractivity contribution is -0.136. The summed E-state index contributed by atoms with van der Waals surface area (Å²) in [6, 6.07) is 7.61. The van der Waals surface area contributed by atoms with E-state index in [1.807, 2.05) is 21.9 Å². The summed E-state index contributed by atoms with van der Waals surface area (Å²) in [5.74, 6) is 0.253. The lowest BCUT2D eigenvalue weighted by Crippen LogP contribution is -2.50. The summed E-state index contributed by atoms with van der Waals surface area (Å²) in [7, 11) is 0. The fraction of sp³-hybridized carbons (Fsp3) is 0.450. The largest absolute Gasteiger partial charge is 0.340 e. The van der Waals surface area contributed by atoms with Crippen molar-refractivity contribution < 1.29 is 9.59 Å². The Kier molecular flexibility index (Phi) is 5.16. The van der Waals surface area contributed by atoms with E-state index in [1.165, 1.54) is 0 Å². The molecule has 7 heteroatoms. The van der Waals surface area contributed by atoms with Gasteiger partial charge >= 0.3 is 0 Å². The monoisotopic (exact) mass is 386 g/mol. The van der Waals surface area contributed by atoms with E-state index in [-0.39, 0.29) is 17.9 Å². The predicted molar refractivity (Wildman–Crippen MR) is 104 cm³/mol. The molecule has 0 spiro atoms. The summed E-state index contributed by atoms with van der Waals surface area (Å²) in [5, 5.41) is 7.66. The second-order valence-corrected chi connectivity index (χ2v) is 7.67. The van der Waals surface area contributed by atoms with Crippen LogP contribution in [0.4, 0.5) is 0 Å². The molecule has 1 aromatic carbocycles.